The zero-order valence-electron chi connectivity index (χ0n) is 10.6. The van der Waals surface area contributed by atoms with Gasteiger partial charge >= 0.3 is 0 Å². The van der Waals surface area contributed by atoms with Gasteiger partial charge in [0.1, 0.15) is 0 Å². The predicted molar refractivity (Wildman–Crippen MR) is 81.2 cm³/mol. The van der Waals surface area contributed by atoms with Crippen LogP contribution in [0.5, 0.6) is 0 Å². The summed E-state index contributed by atoms with van der Waals surface area (Å²) in [5, 5.41) is 2.86. The lowest BCUT2D eigenvalue weighted by Crippen LogP contribution is -2.33. The van der Waals surface area contributed by atoms with E-state index in [1.807, 2.05) is 30.3 Å². The number of carbonyl (C=O) groups excluding carboxylic acids is 1. The monoisotopic (exact) mass is 288 g/mol. The van der Waals surface area contributed by atoms with Crippen molar-refractivity contribution >= 4 is 30.1 Å². The number of carbonyl (C=O) groups is 1. The summed E-state index contributed by atoms with van der Waals surface area (Å²) < 4.78 is 0. The second-order valence-electron chi connectivity index (χ2n) is 3.87. The van der Waals surface area contributed by atoms with E-state index in [0.29, 0.717) is 12.3 Å². The topological polar surface area (TPSA) is 55.1 Å². The van der Waals surface area contributed by atoms with Crippen molar-refractivity contribution in [1.29, 1.82) is 0 Å². The Hall–Kier alpha value is -0.710. The van der Waals surface area contributed by atoms with Gasteiger partial charge in [-0.1, -0.05) is 37.3 Å². The van der Waals surface area contributed by atoms with Crippen LogP contribution in [0, 0.1) is 0 Å². The number of rotatable bonds is 7. The molecule has 0 spiro atoms. The molecule has 1 amide bonds. The minimum atomic E-state index is -0.128. The number of nitrogens with two attached hydrogens (primary N) is 1. The number of thioether (sulfide) groups is 1. The van der Waals surface area contributed by atoms with Gasteiger partial charge in [0.05, 0.1) is 5.75 Å². The average molecular weight is 289 g/mol. The summed E-state index contributed by atoms with van der Waals surface area (Å²) in [7, 11) is 0. The summed E-state index contributed by atoms with van der Waals surface area (Å²) in [6.45, 7) is 2.60. The van der Waals surface area contributed by atoms with Crippen LogP contribution in [0.15, 0.2) is 30.3 Å². The molecule has 0 bridgehead atoms. The quantitative estimate of drug-likeness (QED) is 0.758. The van der Waals surface area contributed by atoms with Crippen molar-refractivity contribution in [2.45, 2.75) is 19.4 Å². The molecule has 0 fully saturated rings. The lowest BCUT2D eigenvalue weighted by Gasteiger charge is -2.12. The van der Waals surface area contributed by atoms with Gasteiger partial charge in [-0.2, -0.15) is 11.8 Å². The minimum absolute atomic E-state index is 0. The van der Waals surface area contributed by atoms with Crippen LogP contribution in [0.1, 0.15) is 24.9 Å². The summed E-state index contributed by atoms with van der Waals surface area (Å²) in [4.78, 5) is 11.5. The predicted octanol–water partition coefficient (Wildman–Crippen LogP) is 2.37. The molecule has 1 aromatic rings. The van der Waals surface area contributed by atoms with E-state index in [1.54, 1.807) is 11.8 Å². The van der Waals surface area contributed by atoms with Crippen LogP contribution in [-0.2, 0) is 4.79 Å². The largest absolute Gasteiger partial charge is 0.353 e. The van der Waals surface area contributed by atoms with Crippen molar-refractivity contribution in [2.75, 3.05) is 18.1 Å². The zero-order chi connectivity index (χ0) is 12.5. The number of nitrogens with one attached hydrogen (secondary N) is 1. The maximum atomic E-state index is 11.5. The maximum absolute atomic E-state index is 11.5. The number of amides is 1. The van der Waals surface area contributed by atoms with Crippen molar-refractivity contribution in [3.63, 3.8) is 0 Å². The van der Waals surface area contributed by atoms with E-state index in [4.69, 9.17) is 5.73 Å². The molecule has 0 radical (unpaired) electrons. The fraction of sp³-hybridized carbons (Fsp3) is 0.462. The van der Waals surface area contributed by atoms with Gasteiger partial charge < -0.3 is 11.1 Å². The number of hydrogen-bond acceptors (Lipinski definition) is 3. The summed E-state index contributed by atoms with van der Waals surface area (Å²) in [5.41, 5.74) is 7.03. The Morgan fingerprint density at radius 2 is 2.06 bits per heavy atom. The van der Waals surface area contributed by atoms with Crippen LogP contribution in [0.25, 0.3) is 0 Å². The van der Waals surface area contributed by atoms with E-state index in [1.165, 1.54) is 0 Å². The third kappa shape index (κ3) is 6.89. The van der Waals surface area contributed by atoms with Gasteiger partial charge in [0.15, 0.2) is 0 Å². The Morgan fingerprint density at radius 3 is 2.67 bits per heavy atom. The molecule has 1 unspecified atom stereocenters. The third-order valence-corrected chi connectivity index (χ3v) is 3.49. The standard InChI is InChI=1S/C13H20N2OS.ClH/c1-2-8-17-10-13(16)15-9-12(14)11-6-4-3-5-7-11;/h3-7,12H,2,8-10,14H2,1H3,(H,15,16);1H. The molecule has 0 aliphatic heterocycles. The number of halogens is 1. The Kier molecular flexibility index (Phi) is 9.83. The van der Waals surface area contributed by atoms with Gasteiger partial charge in [0.25, 0.3) is 0 Å². The summed E-state index contributed by atoms with van der Waals surface area (Å²) in [6.07, 6.45) is 1.10. The van der Waals surface area contributed by atoms with Crippen LogP contribution < -0.4 is 11.1 Å². The minimum Gasteiger partial charge on any atom is -0.353 e. The molecule has 0 aliphatic rings. The highest BCUT2D eigenvalue weighted by Gasteiger charge is 2.07. The van der Waals surface area contributed by atoms with Crippen molar-refractivity contribution in [3.05, 3.63) is 35.9 Å². The molecule has 0 aromatic heterocycles. The normalized spacial score (nSPS) is 11.4. The second kappa shape index (κ2) is 10.2. The van der Waals surface area contributed by atoms with E-state index in [9.17, 15) is 4.79 Å². The average Bonchev–Trinajstić information content (AvgIpc) is 2.37. The Bertz CT molecular complexity index is 335. The fourth-order valence-corrected chi connectivity index (χ4v) is 2.12. The van der Waals surface area contributed by atoms with E-state index in [-0.39, 0.29) is 24.4 Å². The number of benzene rings is 1. The molecule has 5 heteroatoms. The molecule has 102 valence electrons. The first kappa shape index (κ1) is 17.3. The first-order valence-corrected chi connectivity index (χ1v) is 7.04. The van der Waals surface area contributed by atoms with Crippen LogP contribution in [-0.4, -0.2) is 24.0 Å². The first-order chi connectivity index (χ1) is 8.24. The van der Waals surface area contributed by atoms with Gasteiger partial charge in [-0.25, -0.2) is 0 Å². The van der Waals surface area contributed by atoms with E-state index in [2.05, 4.69) is 12.2 Å². The van der Waals surface area contributed by atoms with Gasteiger partial charge in [0.2, 0.25) is 5.91 Å². The molecule has 0 heterocycles. The molecule has 0 saturated carbocycles. The molecule has 1 aromatic carbocycles. The molecular formula is C13H21ClN2OS. The molecule has 0 aliphatic carbocycles. The lowest BCUT2D eigenvalue weighted by atomic mass is 10.1. The van der Waals surface area contributed by atoms with Crippen LogP contribution >= 0.6 is 24.2 Å². The van der Waals surface area contributed by atoms with Gasteiger partial charge in [-0.05, 0) is 17.7 Å². The van der Waals surface area contributed by atoms with E-state index in [0.717, 1.165) is 17.7 Å². The van der Waals surface area contributed by atoms with E-state index < -0.39 is 0 Å². The van der Waals surface area contributed by atoms with Crippen LogP contribution in [0.3, 0.4) is 0 Å². The molecule has 3 nitrogen and oxygen atoms in total. The summed E-state index contributed by atoms with van der Waals surface area (Å²) in [6, 6.07) is 9.68. The van der Waals surface area contributed by atoms with Crippen molar-refractivity contribution in [1.82, 2.24) is 5.32 Å². The van der Waals surface area contributed by atoms with Gasteiger partial charge in [-0.15, -0.1) is 12.4 Å². The second-order valence-corrected chi connectivity index (χ2v) is 4.98. The Morgan fingerprint density at radius 1 is 1.39 bits per heavy atom. The Balaban J connectivity index is 0.00000289. The highest BCUT2D eigenvalue weighted by Crippen LogP contribution is 2.08. The number of hydrogen-bond donors (Lipinski definition) is 2. The molecule has 3 N–H and O–H groups in total. The molecular weight excluding hydrogens is 268 g/mol. The fourth-order valence-electron chi connectivity index (χ4n) is 1.40. The smallest absolute Gasteiger partial charge is 0.230 e. The Labute approximate surface area is 119 Å². The molecule has 0 saturated heterocycles. The van der Waals surface area contributed by atoms with Crippen LogP contribution in [0.4, 0.5) is 0 Å². The van der Waals surface area contributed by atoms with Gasteiger partial charge in [-0.3, -0.25) is 4.79 Å². The zero-order valence-corrected chi connectivity index (χ0v) is 12.2. The van der Waals surface area contributed by atoms with Crippen molar-refractivity contribution in [3.8, 4) is 0 Å². The molecule has 18 heavy (non-hydrogen) atoms. The SMILES string of the molecule is CCCSCC(=O)NCC(N)c1ccccc1.Cl. The van der Waals surface area contributed by atoms with Gasteiger partial charge in [0, 0.05) is 12.6 Å². The van der Waals surface area contributed by atoms with Crippen molar-refractivity contribution < 1.29 is 4.79 Å². The lowest BCUT2D eigenvalue weighted by molar-refractivity contribution is -0.118. The van der Waals surface area contributed by atoms with Crippen molar-refractivity contribution in [2.24, 2.45) is 5.73 Å². The summed E-state index contributed by atoms with van der Waals surface area (Å²) >= 11 is 1.66. The first-order valence-electron chi connectivity index (χ1n) is 5.89. The maximum Gasteiger partial charge on any atom is 0.230 e. The third-order valence-electron chi connectivity index (χ3n) is 2.33. The highest BCUT2D eigenvalue weighted by molar-refractivity contribution is 7.99. The van der Waals surface area contributed by atoms with Crippen LogP contribution in [0.2, 0.25) is 0 Å². The molecule has 1 atom stereocenters. The summed E-state index contributed by atoms with van der Waals surface area (Å²) in [5.74, 6) is 1.61. The molecule has 1 rings (SSSR count). The van der Waals surface area contributed by atoms with E-state index >= 15 is 0 Å². The highest BCUT2D eigenvalue weighted by atomic mass is 35.5.